The molecule has 4 nitrogen and oxygen atoms in total. The highest BCUT2D eigenvalue weighted by atomic mass is 16.5. The van der Waals surface area contributed by atoms with Crippen molar-refractivity contribution < 1.29 is 14.6 Å². The van der Waals surface area contributed by atoms with E-state index in [1.54, 1.807) is 14.0 Å². The lowest BCUT2D eigenvalue weighted by molar-refractivity contribution is 0.0951. The van der Waals surface area contributed by atoms with Gasteiger partial charge in [0, 0.05) is 19.1 Å². The van der Waals surface area contributed by atoms with Crippen LogP contribution in [-0.4, -0.2) is 49.0 Å². The van der Waals surface area contributed by atoms with E-state index >= 15 is 0 Å². The van der Waals surface area contributed by atoms with Crippen LogP contribution < -0.4 is 9.47 Å². The van der Waals surface area contributed by atoms with E-state index in [1.807, 2.05) is 24.3 Å². The second kappa shape index (κ2) is 8.02. The summed E-state index contributed by atoms with van der Waals surface area (Å²) in [6.45, 7) is 8.05. The lowest BCUT2D eigenvalue weighted by Gasteiger charge is -2.27. The molecule has 1 aromatic rings. The number of ether oxygens (including phenoxy) is 2. The molecule has 0 aliphatic carbocycles. The molecule has 4 heteroatoms. The van der Waals surface area contributed by atoms with Crippen LogP contribution in [0.25, 0.3) is 0 Å². The first-order valence-electron chi connectivity index (χ1n) is 6.72. The predicted octanol–water partition coefficient (Wildman–Crippen LogP) is 2.17. The van der Waals surface area contributed by atoms with Crippen molar-refractivity contribution in [1.29, 1.82) is 0 Å². The van der Waals surface area contributed by atoms with Crippen LogP contribution in [0.4, 0.5) is 0 Å². The molecule has 19 heavy (non-hydrogen) atoms. The Morgan fingerprint density at radius 1 is 1.16 bits per heavy atom. The number of hydrogen-bond donors (Lipinski definition) is 1. The minimum Gasteiger partial charge on any atom is -0.493 e. The Kier molecular flexibility index (Phi) is 6.67. The molecule has 1 aromatic carbocycles. The van der Waals surface area contributed by atoms with Gasteiger partial charge in [0.2, 0.25) is 0 Å². The number of benzene rings is 1. The summed E-state index contributed by atoms with van der Waals surface area (Å²) in [4.78, 5) is 2.19. The minimum absolute atomic E-state index is 0.325. The highest BCUT2D eigenvalue weighted by Gasteiger charge is 2.12. The van der Waals surface area contributed by atoms with Crippen molar-refractivity contribution >= 4 is 0 Å². The number of rotatable bonds is 8. The van der Waals surface area contributed by atoms with Crippen molar-refractivity contribution in [3.63, 3.8) is 0 Å². The van der Waals surface area contributed by atoms with Gasteiger partial charge in [0.15, 0.2) is 11.5 Å². The van der Waals surface area contributed by atoms with Gasteiger partial charge in [-0.1, -0.05) is 12.1 Å². The summed E-state index contributed by atoms with van der Waals surface area (Å²) in [6, 6.07) is 8.00. The Balaban J connectivity index is 2.47. The molecular weight excluding hydrogens is 242 g/mol. The highest BCUT2D eigenvalue weighted by Crippen LogP contribution is 2.25. The highest BCUT2D eigenvalue weighted by molar-refractivity contribution is 5.39. The van der Waals surface area contributed by atoms with Gasteiger partial charge in [0.1, 0.15) is 6.61 Å². The molecule has 108 valence electrons. The van der Waals surface area contributed by atoms with Gasteiger partial charge >= 0.3 is 0 Å². The number of nitrogens with zero attached hydrogens (tertiary/aromatic N) is 1. The summed E-state index contributed by atoms with van der Waals surface area (Å²) in [5.74, 6) is 1.50. The first-order valence-corrected chi connectivity index (χ1v) is 6.72. The fourth-order valence-corrected chi connectivity index (χ4v) is 1.91. The summed E-state index contributed by atoms with van der Waals surface area (Å²) < 4.78 is 11.0. The zero-order valence-corrected chi connectivity index (χ0v) is 12.3. The summed E-state index contributed by atoms with van der Waals surface area (Å²) in [6.07, 6.45) is -0.325. The van der Waals surface area contributed by atoms with Crippen LogP contribution in [0.3, 0.4) is 0 Å². The maximum Gasteiger partial charge on any atom is 0.161 e. The number of aliphatic hydroxyl groups is 1. The lowest BCUT2D eigenvalue weighted by Crippen LogP contribution is -2.39. The third-order valence-electron chi connectivity index (χ3n) is 2.93. The van der Waals surface area contributed by atoms with Crippen molar-refractivity contribution in [1.82, 2.24) is 4.90 Å². The Hall–Kier alpha value is -1.26. The van der Waals surface area contributed by atoms with Gasteiger partial charge in [-0.15, -0.1) is 0 Å². The zero-order chi connectivity index (χ0) is 14.3. The maximum absolute atomic E-state index is 9.47. The number of aliphatic hydroxyl groups excluding tert-OH is 1. The lowest BCUT2D eigenvalue weighted by atomic mass is 10.2. The van der Waals surface area contributed by atoms with E-state index in [2.05, 4.69) is 18.7 Å². The molecule has 1 N–H and O–H groups in total. The molecule has 0 amide bonds. The van der Waals surface area contributed by atoms with Crippen LogP contribution in [0.5, 0.6) is 11.5 Å². The fraction of sp³-hybridized carbons (Fsp3) is 0.600. The van der Waals surface area contributed by atoms with Crippen LogP contribution in [0.1, 0.15) is 20.8 Å². The molecular formula is C15H25NO3. The molecule has 0 radical (unpaired) electrons. The Labute approximate surface area is 115 Å². The number of hydrogen-bond acceptors (Lipinski definition) is 4. The molecule has 0 aromatic heterocycles. The molecule has 0 heterocycles. The third kappa shape index (κ3) is 5.49. The standard InChI is InChI=1S/C15H25NO3/c1-12(2)16(11-13(3)17)9-10-19-15-8-6-5-7-14(15)18-4/h5-8,12-13,17H,9-11H2,1-4H3. The molecule has 1 atom stereocenters. The molecule has 0 saturated carbocycles. The molecule has 0 saturated heterocycles. The van der Waals surface area contributed by atoms with Gasteiger partial charge < -0.3 is 14.6 Å². The normalized spacial score (nSPS) is 12.8. The SMILES string of the molecule is COc1ccccc1OCCN(CC(C)O)C(C)C. The van der Waals surface area contributed by atoms with Gasteiger partial charge in [0.05, 0.1) is 13.2 Å². The first-order chi connectivity index (χ1) is 9.04. The minimum atomic E-state index is -0.325. The third-order valence-corrected chi connectivity index (χ3v) is 2.93. The van der Waals surface area contributed by atoms with E-state index in [4.69, 9.17) is 9.47 Å². The van der Waals surface area contributed by atoms with Crippen LogP contribution in [0.15, 0.2) is 24.3 Å². The van der Waals surface area contributed by atoms with E-state index < -0.39 is 0 Å². The van der Waals surface area contributed by atoms with Gasteiger partial charge in [-0.3, -0.25) is 4.90 Å². The second-order valence-electron chi connectivity index (χ2n) is 4.94. The van der Waals surface area contributed by atoms with Crippen LogP contribution in [0.2, 0.25) is 0 Å². The van der Waals surface area contributed by atoms with E-state index in [0.717, 1.165) is 18.0 Å². The van der Waals surface area contributed by atoms with Crippen LogP contribution >= 0.6 is 0 Å². The maximum atomic E-state index is 9.47. The van der Waals surface area contributed by atoms with E-state index in [-0.39, 0.29) is 6.10 Å². The molecule has 0 spiro atoms. The topological polar surface area (TPSA) is 41.9 Å². The van der Waals surface area contributed by atoms with Crippen molar-refractivity contribution in [2.24, 2.45) is 0 Å². The average molecular weight is 267 g/mol. The van der Waals surface area contributed by atoms with E-state index in [9.17, 15) is 5.11 Å². The van der Waals surface area contributed by atoms with Gasteiger partial charge in [-0.25, -0.2) is 0 Å². The summed E-state index contributed by atoms with van der Waals surface area (Å²) in [5.41, 5.74) is 0. The van der Waals surface area contributed by atoms with E-state index in [0.29, 0.717) is 19.2 Å². The first kappa shape index (κ1) is 15.8. The molecule has 0 bridgehead atoms. The smallest absolute Gasteiger partial charge is 0.161 e. The summed E-state index contributed by atoms with van der Waals surface area (Å²) in [7, 11) is 1.63. The summed E-state index contributed by atoms with van der Waals surface area (Å²) in [5, 5.41) is 9.47. The van der Waals surface area contributed by atoms with Gasteiger partial charge in [-0.05, 0) is 32.9 Å². The van der Waals surface area contributed by atoms with Crippen molar-refractivity contribution in [3.05, 3.63) is 24.3 Å². The van der Waals surface area contributed by atoms with E-state index in [1.165, 1.54) is 0 Å². The number of methoxy groups -OCH3 is 1. The van der Waals surface area contributed by atoms with Gasteiger partial charge in [-0.2, -0.15) is 0 Å². The fourth-order valence-electron chi connectivity index (χ4n) is 1.91. The quantitative estimate of drug-likeness (QED) is 0.784. The monoisotopic (exact) mass is 267 g/mol. The van der Waals surface area contributed by atoms with Gasteiger partial charge in [0.25, 0.3) is 0 Å². The Morgan fingerprint density at radius 3 is 2.32 bits per heavy atom. The predicted molar refractivity (Wildman–Crippen MR) is 76.9 cm³/mol. The molecule has 0 fully saturated rings. The summed E-state index contributed by atoms with van der Waals surface area (Å²) >= 11 is 0. The molecule has 0 aliphatic heterocycles. The molecule has 1 rings (SSSR count). The Bertz CT molecular complexity index is 366. The van der Waals surface area contributed by atoms with Crippen LogP contribution in [0, 0.1) is 0 Å². The van der Waals surface area contributed by atoms with Crippen molar-refractivity contribution in [2.45, 2.75) is 32.9 Å². The average Bonchev–Trinajstić information content (AvgIpc) is 2.37. The van der Waals surface area contributed by atoms with Crippen molar-refractivity contribution in [3.8, 4) is 11.5 Å². The van der Waals surface area contributed by atoms with Crippen LogP contribution in [-0.2, 0) is 0 Å². The zero-order valence-electron chi connectivity index (χ0n) is 12.3. The second-order valence-corrected chi connectivity index (χ2v) is 4.94. The Morgan fingerprint density at radius 2 is 1.79 bits per heavy atom. The van der Waals surface area contributed by atoms with Crippen molar-refractivity contribution in [2.75, 3.05) is 26.8 Å². The molecule has 0 aliphatic rings. The number of para-hydroxylation sites is 2. The molecule has 1 unspecified atom stereocenters. The largest absolute Gasteiger partial charge is 0.493 e.